The van der Waals surface area contributed by atoms with Gasteiger partial charge in [-0.2, -0.15) is 0 Å². The van der Waals surface area contributed by atoms with Crippen LogP contribution in [0, 0.1) is 0 Å². The predicted molar refractivity (Wildman–Crippen MR) is 60.0 cm³/mol. The van der Waals surface area contributed by atoms with Crippen LogP contribution in [0.25, 0.3) is 0 Å². The largest absolute Gasteiger partial charge is 0.481 e. The molecule has 1 aliphatic heterocycles. The number of hydrogen-bond acceptors (Lipinski definition) is 5. The molecule has 1 saturated heterocycles. The van der Waals surface area contributed by atoms with Gasteiger partial charge in [0.15, 0.2) is 0 Å². The Morgan fingerprint density at radius 1 is 1.44 bits per heavy atom. The Hall–Kier alpha value is -1.17. The van der Waals surface area contributed by atoms with Crippen LogP contribution in [0.4, 0.5) is 0 Å². The van der Waals surface area contributed by atoms with Gasteiger partial charge in [0.05, 0.1) is 32.6 Å². The lowest BCUT2D eigenvalue weighted by Crippen LogP contribution is -2.45. The van der Waals surface area contributed by atoms with Crippen molar-refractivity contribution >= 4 is 0 Å². The molecule has 0 aromatic carbocycles. The van der Waals surface area contributed by atoms with Gasteiger partial charge in [-0.1, -0.05) is 6.07 Å². The van der Waals surface area contributed by atoms with Crippen LogP contribution < -0.4 is 10.2 Å². The van der Waals surface area contributed by atoms with E-state index in [0.29, 0.717) is 5.88 Å². The Morgan fingerprint density at radius 2 is 2.25 bits per heavy atom. The zero-order valence-electron chi connectivity index (χ0n) is 9.48. The summed E-state index contributed by atoms with van der Waals surface area (Å²) in [6.07, 6.45) is 0. The summed E-state index contributed by atoms with van der Waals surface area (Å²) in [6, 6.07) is 5.77. The molecule has 0 atom stereocenters. The minimum absolute atomic E-state index is 0.654. The predicted octanol–water partition coefficient (Wildman–Crippen LogP) is 0.427. The zero-order chi connectivity index (χ0) is 11.2. The van der Waals surface area contributed by atoms with Gasteiger partial charge in [0, 0.05) is 19.2 Å². The molecule has 0 unspecified atom stereocenters. The van der Waals surface area contributed by atoms with Gasteiger partial charge >= 0.3 is 0 Å². The van der Waals surface area contributed by atoms with E-state index in [4.69, 9.17) is 9.47 Å². The van der Waals surface area contributed by atoms with Crippen LogP contribution in [0.1, 0.15) is 5.69 Å². The molecule has 0 aliphatic carbocycles. The van der Waals surface area contributed by atoms with Crippen LogP contribution in [-0.2, 0) is 11.3 Å². The highest BCUT2D eigenvalue weighted by molar-refractivity contribution is 5.15. The highest BCUT2D eigenvalue weighted by Gasteiger charge is 2.09. The highest BCUT2D eigenvalue weighted by atomic mass is 16.5. The molecule has 5 nitrogen and oxygen atoms in total. The van der Waals surface area contributed by atoms with Gasteiger partial charge in [-0.25, -0.2) is 15.4 Å². The van der Waals surface area contributed by atoms with E-state index in [1.165, 1.54) is 0 Å². The molecule has 2 heterocycles. The quantitative estimate of drug-likeness (QED) is 0.802. The molecule has 1 aliphatic rings. The third-order valence-electron chi connectivity index (χ3n) is 2.49. The van der Waals surface area contributed by atoms with E-state index >= 15 is 0 Å². The molecule has 1 aromatic heterocycles. The first-order valence-corrected chi connectivity index (χ1v) is 5.44. The molecule has 5 heteroatoms. The molecule has 2 rings (SSSR count). The first-order chi connectivity index (χ1) is 7.88. The average molecular weight is 223 g/mol. The topological polar surface area (TPSA) is 46.6 Å². The minimum Gasteiger partial charge on any atom is -0.481 e. The maximum absolute atomic E-state index is 5.27. The van der Waals surface area contributed by atoms with E-state index in [1.807, 2.05) is 18.2 Å². The van der Waals surface area contributed by atoms with Crippen molar-refractivity contribution in [3.8, 4) is 5.88 Å². The van der Waals surface area contributed by atoms with Gasteiger partial charge in [0.25, 0.3) is 0 Å². The average Bonchev–Trinajstić information content (AvgIpc) is 2.38. The lowest BCUT2D eigenvalue weighted by Gasteiger charge is -2.27. The second kappa shape index (κ2) is 5.79. The summed E-state index contributed by atoms with van der Waals surface area (Å²) < 4.78 is 10.3. The van der Waals surface area contributed by atoms with E-state index in [2.05, 4.69) is 15.4 Å². The van der Waals surface area contributed by atoms with Crippen molar-refractivity contribution in [1.29, 1.82) is 0 Å². The molecule has 0 saturated carbocycles. The fraction of sp³-hybridized carbons (Fsp3) is 0.545. The fourth-order valence-electron chi connectivity index (χ4n) is 1.58. The van der Waals surface area contributed by atoms with Crippen LogP contribution in [0.15, 0.2) is 18.2 Å². The molecule has 0 radical (unpaired) electrons. The summed E-state index contributed by atoms with van der Waals surface area (Å²) in [6.45, 7) is 4.14. The van der Waals surface area contributed by atoms with Gasteiger partial charge in [-0.3, -0.25) is 0 Å². The number of hydrazine groups is 1. The van der Waals surface area contributed by atoms with E-state index in [1.54, 1.807) is 7.11 Å². The van der Waals surface area contributed by atoms with Crippen molar-refractivity contribution in [3.63, 3.8) is 0 Å². The summed E-state index contributed by atoms with van der Waals surface area (Å²) in [5.74, 6) is 0.654. The number of ether oxygens (including phenoxy) is 2. The van der Waals surface area contributed by atoms with Gasteiger partial charge in [-0.05, 0) is 6.07 Å². The van der Waals surface area contributed by atoms with Gasteiger partial charge in [-0.15, -0.1) is 0 Å². The van der Waals surface area contributed by atoms with Crippen molar-refractivity contribution in [2.24, 2.45) is 0 Å². The standard InChI is InChI=1S/C11H17N3O2/c1-15-11-4-2-3-10(13-11)9-12-14-5-7-16-8-6-14/h2-4,12H,5-9H2,1H3. The van der Waals surface area contributed by atoms with Crippen molar-refractivity contribution in [3.05, 3.63) is 23.9 Å². The zero-order valence-corrected chi connectivity index (χ0v) is 9.48. The molecule has 0 amide bonds. The van der Waals surface area contributed by atoms with Crippen LogP contribution >= 0.6 is 0 Å². The molecule has 0 bridgehead atoms. The first-order valence-electron chi connectivity index (χ1n) is 5.44. The number of pyridine rings is 1. The Balaban J connectivity index is 1.83. The number of hydrogen-bond donors (Lipinski definition) is 1. The smallest absolute Gasteiger partial charge is 0.213 e. The summed E-state index contributed by atoms with van der Waals surface area (Å²) in [5, 5.41) is 2.16. The van der Waals surface area contributed by atoms with Crippen LogP contribution in [-0.4, -0.2) is 43.4 Å². The van der Waals surface area contributed by atoms with Crippen molar-refractivity contribution in [2.75, 3.05) is 33.4 Å². The second-order valence-electron chi connectivity index (χ2n) is 3.61. The normalized spacial score (nSPS) is 17.3. The molecular formula is C11H17N3O2. The Bertz CT molecular complexity index is 327. The third kappa shape index (κ3) is 3.16. The Morgan fingerprint density at radius 3 is 3.00 bits per heavy atom. The number of methoxy groups -OCH3 is 1. The highest BCUT2D eigenvalue weighted by Crippen LogP contribution is 2.06. The second-order valence-corrected chi connectivity index (χ2v) is 3.61. The molecule has 88 valence electrons. The number of rotatable bonds is 4. The van der Waals surface area contributed by atoms with Crippen LogP contribution in [0.5, 0.6) is 5.88 Å². The molecule has 1 N–H and O–H groups in total. The van der Waals surface area contributed by atoms with Crippen molar-refractivity contribution in [1.82, 2.24) is 15.4 Å². The summed E-state index contributed by atoms with van der Waals surface area (Å²) in [4.78, 5) is 4.33. The maximum atomic E-state index is 5.27. The summed E-state index contributed by atoms with van der Waals surface area (Å²) in [5.41, 5.74) is 4.30. The molecule has 0 spiro atoms. The van der Waals surface area contributed by atoms with E-state index in [0.717, 1.165) is 38.5 Å². The molecule has 16 heavy (non-hydrogen) atoms. The number of morpholine rings is 1. The number of aromatic nitrogens is 1. The lowest BCUT2D eigenvalue weighted by molar-refractivity contribution is 0.0103. The fourth-order valence-corrected chi connectivity index (χ4v) is 1.58. The number of nitrogens with zero attached hydrogens (tertiary/aromatic N) is 2. The lowest BCUT2D eigenvalue weighted by atomic mass is 10.3. The molecule has 1 aromatic rings. The Kier molecular flexibility index (Phi) is 4.10. The van der Waals surface area contributed by atoms with E-state index in [9.17, 15) is 0 Å². The van der Waals surface area contributed by atoms with Crippen LogP contribution in [0.3, 0.4) is 0 Å². The van der Waals surface area contributed by atoms with Gasteiger partial charge < -0.3 is 9.47 Å². The number of nitrogens with one attached hydrogen (secondary N) is 1. The van der Waals surface area contributed by atoms with E-state index in [-0.39, 0.29) is 0 Å². The summed E-state index contributed by atoms with van der Waals surface area (Å²) >= 11 is 0. The molecular weight excluding hydrogens is 206 g/mol. The van der Waals surface area contributed by atoms with E-state index < -0.39 is 0 Å². The SMILES string of the molecule is COc1cccc(CNN2CCOCC2)n1. The molecule has 1 fully saturated rings. The van der Waals surface area contributed by atoms with Crippen LogP contribution in [0.2, 0.25) is 0 Å². The first kappa shape index (κ1) is 11.3. The third-order valence-corrected chi connectivity index (χ3v) is 2.49. The van der Waals surface area contributed by atoms with Gasteiger partial charge in [0.1, 0.15) is 0 Å². The van der Waals surface area contributed by atoms with Gasteiger partial charge in [0.2, 0.25) is 5.88 Å². The Labute approximate surface area is 95.3 Å². The maximum Gasteiger partial charge on any atom is 0.213 e. The summed E-state index contributed by atoms with van der Waals surface area (Å²) in [7, 11) is 1.63. The van der Waals surface area contributed by atoms with Crippen molar-refractivity contribution in [2.45, 2.75) is 6.54 Å². The van der Waals surface area contributed by atoms with Crippen molar-refractivity contribution < 1.29 is 9.47 Å². The monoisotopic (exact) mass is 223 g/mol. The minimum atomic E-state index is 0.654.